The maximum atomic E-state index is 9.52. The summed E-state index contributed by atoms with van der Waals surface area (Å²) in [6, 6.07) is 4.88. The lowest BCUT2D eigenvalue weighted by molar-refractivity contribution is 0.281. The third-order valence-corrected chi connectivity index (χ3v) is 4.23. The lowest BCUT2D eigenvalue weighted by Gasteiger charge is -2.26. The molecule has 0 atom stereocenters. The number of nitrogens with zero attached hydrogens (tertiary/aromatic N) is 2. The molecular weight excluding hydrogens is 256 g/mol. The number of rotatable bonds is 5. The van der Waals surface area contributed by atoms with Gasteiger partial charge in [0.1, 0.15) is 0 Å². The zero-order valence-corrected chi connectivity index (χ0v) is 11.9. The van der Waals surface area contributed by atoms with Crippen LogP contribution in [0.3, 0.4) is 0 Å². The van der Waals surface area contributed by atoms with Crippen LogP contribution in [0.25, 0.3) is 0 Å². The Morgan fingerprint density at radius 3 is 2.95 bits per heavy atom. The van der Waals surface area contributed by atoms with Crippen LogP contribution in [-0.2, 0) is 13.2 Å². The van der Waals surface area contributed by atoms with Crippen LogP contribution < -0.4 is 4.90 Å². The van der Waals surface area contributed by atoms with Gasteiger partial charge in [-0.1, -0.05) is 0 Å². The van der Waals surface area contributed by atoms with E-state index in [-0.39, 0.29) is 6.61 Å². The molecule has 1 aliphatic carbocycles. The van der Waals surface area contributed by atoms with Gasteiger partial charge < -0.3 is 10.0 Å². The summed E-state index contributed by atoms with van der Waals surface area (Å²) >= 11 is 1.73. The van der Waals surface area contributed by atoms with Crippen LogP contribution in [0.4, 0.5) is 5.69 Å². The van der Waals surface area contributed by atoms with Crippen LogP contribution in [-0.4, -0.2) is 16.1 Å². The van der Waals surface area contributed by atoms with Crippen LogP contribution >= 0.6 is 11.3 Å². The van der Waals surface area contributed by atoms with Crippen LogP contribution in [0.5, 0.6) is 0 Å². The van der Waals surface area contributed by atoms with Gasteiger partial charge in [0.15, 0.2) is 0 Å². The second-order valence-electron chi connectivity index (χ2n) is 5.10. The molecule has 0 radical (unpaired) electrons. The number of aliphatic hydroxyl groups excluding tert-OH is 1. The number of hydrogen-bond acceptors (Lipinski definition) is 4. The van der Waals surface area contributed by atoms with Gasteiger partial charge in [0, 0.05) is 35.7 Å². The normalized spacial score (nSPS) is 14.6. The number of aliphatic hydroxyl groups is 1. The topological polar surface area (TPSA) is 36.4 Å². The molecular formula is C15H18N2OS. The minimum atomic E-state index is 0.0511. The Labute approximate surface area is 117 Å². The first-order valence-corrected chi connectivity index (χ1v) is 7.56. The molecule has 2 aromatic rings. The third kappa shape index (κ3) is 2.80. The Kier molecular flexibility index (Phi) is 3.53. The molecule has 1 aliphatic rings. The van der Waals surface area contributed by atoms with Gasteiger partial charge in [-0.15, -0.1) is 0 Å². The molecule has 1 fully saturated rings. The van der Waals surface area contributed by atoms with Gasteiger partial charge in [0.05, 0.1) is 6.61 Å². The fraction of sp³-hybridized carbons (Fsp3) is 0.400. The van der Waals surface area contributed by atoms with E-state index in [1.165, 1.54) is 18.4 Å². The van der Waals surface area contributed by atoms with E-state index in [9.17, 15) is 5.11 Å². The van der Waals surface area contributed by atoms with Gasteiger partial charge in [-0.2, -0.15) is 11.3 Å². The molecule has 3 rings (SSSR count). The highest BCUT2D eigenvalue weighted by Crippen LogP contribution is 2.35. The number of thiophene rings is 1. The molecule has 100 valence electrons. The Morgan fingerprint density at radius 2 is 2.32 bits per heavy atom. The lowest BCUT2D eigenvalue weighted by atomic mass is 10.1. The molecule has 0 saturated heterocycles. The minimum Gasteiger partial charge on any atom is -0.392 e. The second kappa shape index (κ2) is 5.31. The summed E-state index contributed by atoms with van der Waals surface area (Å²) in [5, 5.41) is 13.8. The van der Waals surface area contributed by atoms with Crippen LogP contribution in [0.15, 0.2) is 29.1 Å². The van der Waals surface area contributed by atoms with Crippen molar-refractivity contribution in [2.45, 2.75) is 39.0 Å². The summed E-state index contributed by atoms with van der Waals surface area (Å²) in [5.74, 6) is 0. The van der Waals surface area contributed by atoms with E-state index in [1.54, 1.807) is 17.5 Å². The fourth-order valence-electron chi connectivity index (χ4n) is 2.34. The molecule has 1 N–H and O–H groups in total. The summed E-state index contributed by atoms with van der Waals surface area (Å²) in [4.78, 5) is 6.70. The minimum absolute atomic E-state index is 0.0511. The van der Waals surface area contributed by atoms with Crippen LogP contribution in [0.1, 0.15) is 29.7 Å². The van der Waals surface area contributed by atoms with Crippen LogP contribution in [0, 0.1) is 6.92 Å². The highest BCUT2D eigenvalue weighted by molar-refractivity contribution is 7.07. The first-order valence-electron chi connectivity index (χ1n) is 6.62. The van der Waals surface area contributed by atoms with Crippen molar-refractivity contribution >= 4 is 17.0 Å². The van der Waals surface area contributed by atoms with E-state index in [4.69, 9.17) is 0 Å². The molecule has 0 unspecified atom stereocenters. The molecule has 19 heavy (non-hydrogen) atoms. The number of anilines is 1. The predicted molar refractivity (Wildman–Crippen MR) is 78.4 cm³/mol. The van der Waals surface area contributed by atoms with Gasteiger partial charge in [-0.3, -0.25) is 4.98 Å². The standard InChI is InChI=1S/C15H18N2OS/c1-11-6-15(13(9-18)7-16-11)17(14-2-3-14)8-12-4-5-19-10-12/h4-7,10,14,18H,2-3,8-9H2,1H3. The lowest BCUT2D eigenvalue weighted by Crippen LogP contribution is -2.26. The van der Waals surface area contributed by atoms with E-state index < -0.39 is 0 Å². The van der Waals surface area contributed by atoms with E-state index in [0.29, 0.717) is 6.04 Å². The zero-order valence-electron chi connectivity index (χ0n) is 11.0. The number of aromatic nitrogens is 1. The average molecular weight is 274 g/mol. The van der Waals surface area contributed by atoms with E-state index in [1.807, 2.05) is 6.92 Å². The summed E-state index contributed by atoms with van der Waals surface area (Å²) in [6.45, 7) is 2.97. The van der Waals surface area contributed by atoms with Crippen molar-refractivity contribution in [2.24, 2.45) is 0 Å². The summed E-state index contributed by atoms with van der Waals surface area (Å²) in [7, 11) is 0. The Morgan fingerprint density at radius 1 is 1.47 bits per heavy atom. The van der Waals surface area contributed by atoms with E-state index >= 15 is 0 Å². The summed E-state index contributed by atoms with van der Waals surface area (Å²) in [5.41, 5.74) is 4.41. The summed E-state index contributed by atoms with van der Waals surface area (Å²) < 4.78 is 0. The smallest absolute Gasteiger partial charge is 0.0717 e. The van der Waals surface area contributed by atoms with Crippen molar-refractivity contribution < 1.29 is 5.11 Å². The van der Waals surface area contributed by atoms with Crippen molar-refractivity contribution in [1.29, 1.82) is 0 Å². The molecule has 0 aliphatic heterocycles. The molecule has 0 aromatic carbocycles. The zero-order chi connectivity index (χ0) is 13.2. The molecule has 1 saturated carbocycles. The monoisotopic (exact) mass is 274 g/mol. The van der Waals surface area contributed by atoms with Crippen molar-refractivity contribution in [2.75, 3.05) is 4.90 Å². The van der Waals surface area contributed by atoms with E-state index in [0.717, 1.165) is 23.5 Å². The maximum absolute atomic E-state index is 9.52. The largest absolute Gasteiger partial charge is 0.392 e. The number of aryl methyl sites for hydroxylation is 1. The van der Waals surface area contributed by atoms with Crippen molar-refractivity contribution in [3.63, 3.8) is 0 Å². The highest BCUT2D eigenvalue weighted by Gasteiger charge is 2.30. The Bertz CT molecular complexity index is 549. The number of pyridine rings is 1. The molecule has 0 spiro atoms. The van der Waals surface area contributed by atoms with Gasteiger partial charge in [0.25, 0.3) is 0 Å². The van der Waals surface area contributed by atoms with Crippen molar-refractivity contribution in [3.05, 3.63) is 45.9 Å². The second-order valence-corrected chi connectivity index (χ2v) is 5.88. The quantitative estimate of drug-likeness (QED) is 0.910. The van der Waals surface area contributed by atoms with Crippen LogP contribution in [0.2, 0.25) is 0 Å². The first kappa shape index (κ1) is 12.6. The highest BCUT2D eigenvalue weighted by atomic mass is 32.1. The van der Waals surface area contributed by atoms with Gasteiger partial charge in [0.2, 0.25) is 0 Å². The average Bonchev–Trinajstić information content (AvgIpc) is 3.13. The Hall–Kier alpha value is -1.39. The van der Waals surface area contributed by atoms with Crippen molar-refractivity contribution in [1.82, 2.24) is 4.98 Å². The third-order valence-electron chi connectivity index (χ3n) is 3.50. The van der Waals surface area contributed by atoms with Gasteiger partial charge in [-0.25, -0.2) is 0 Å². The van der Waals surface area contributed by atoms with E-state index in [2.05, 4.69) is 32.8 Å². The van der Waals surface area contributed by atoms with Crippen molar-refractivity contribution in [3.8, 4) is 0 Å². The molecule has 2 aromatic heterocycles. The molecule has 0 bridgehead atoms. The SMILES string of the molecule is Cc1cc(N(Cc2ccsc2)C2CC2)c(CO)cn1. The van der Waals surface area contributed by atoms with Gasteiger partial charge in [-0.05, 0) is 48.2 Å². The number of hydrogen-bond donors (Lipinski definition) is 1. The predicted octanol–water partition coefficient (Wildman–Crippen LogP) is 3.11. The molecule has 0 amide bonds. The molecule has 3 nitrogen and oxygen atoms in total. The molecule has 2 heterocycles. The molecule has 4 heteroatoms. The van der Waals surface area contributed by atoms with Gasteiger partial charge >= 0.3 is 0 Å². The maximum Gasteiger partial charge on any atom is 0.0717 e. The summed E-state index contributed by atoms with van der Waals surface area (Å²) in [6.07, 6.45) is 4.29. The fourth-order valence-corrected chi connectivity index (χ4v) is 3.00. The first-order chi connectivity index (χ1) is 9.28. The Balaban J connectivity index is 1.93.